The lowest BCUT2D eigenvalue weighted by molar-refractivity contribution is 0.338. The molecule has 11 rings (SSSR count). The third-order valence-corrected chi connectivity index (χ3v) is 15.9. The van der Waals surface area contributed by atoms with Gasteiger partial charge < -0.3 is 9.80 Å². The van der Waals surface area contributed by atoms with Crippen molar-refractivity contribution in [3.8, 4) is 33.4 Å². The van der Waals surface area contributed by atoms with E-state index in [0.29, 0.717) is 0 Å². The number of hydrogen-bond acceptors (Lipinski definition) is 4. The molecule has 2 aliphatic heterocycles. The molecule has 2 heterocycles. The van der Waals surface area contributed by atoms with Crippen molar-refractivity contribution in [2.75, 3.05) is 9.80 Å². The molecule has 322 valence electrons. The van der Waals surface area contributed by atoms with Crippen LogP contribution in [0.1, 0.15) is 91.5 Å². The molecule has 0 radical (unpaired) electrons. The van der Waals surface area contributed by atoms with Crippen LogP contribution in [0.15, 0.2) is 180 Å². The summed E-state index contributed by atoms with van der Waals surface area (Å²) >= 11 is 0. The van der Waals surface area contributed by atoms with Gasteiger partial charge in [-0.15, -0.1) is 0 Å². The van der Waals surface area contributed by atoms with Crippen molar-refractivity contribution in [1.29, 1.82) is 0 Å². The standard InChI is InChI=1S/C61H58N4/c1-57(2)49-28-20-19-27-47(49)53-50(57)38-37-48-51(39-29-33-41(34-30-39)55-62-58(3,4)60(7,8)64(55)43-21-13-11-14-22-43)45-25-17-18-26-46(45)52(54(48)53)40-31-35-42(36-32-40)56-63-59(5,6)61(9,10)65(56)44-23-15-12-16-24-44/h11-38H,1-10H3. The van der Waals surface area contributed by atoms with E-state index in [1.54, 1.807) is 0 Å². The summed E-state index contributed by atoms with van der Waals surface area (Å²) < 4.78 is 0. The van der Waals surface area contributed by atoms with Gasteiger partial charge in [0.05, 0.1) is 22.2 Å². The number of nitrogens with zero attached hydrogens (tertiary/aromatic N) is 4. The molecule has 4 heteroatoms. The third-order valence-electron chi connectivity index (χ3n) is 15.9. The minimum absolute atomic E-state index is 0.149. The Kier molecular flexibility index (Phi) is 8.89. The summed E-state index contributed by atoms with van der Waals surface area (Å²) in [4.78, 5) is 15.7. The molecule has 0 spiro atoms. The maximum Gasteiger partial charge on any atom is 0.136 e. The van der Waals surface area contributed by atoms with Gasteiger partial charge in [0, 0.05) is 27.9 Å². The summed E-state index contributed by atoms with van der Waals surface area (Å²) in [6, 6.07) is 62.8. The van der Waals surface area contributed by atoms with Crippen LogP contribution in [0.4, 0.5) is 11.4 Å². The first-order chi connectivity index (χ1) is 31.0. The van der Waals surface area contributed by atoms with Gasteiger partial charge in [-0.25, -0.2) is 0 Å². The zero-order valence-corrected chi connectivity index (χ0v) is 39.5. The minimum atomic E-state index is -0.295. The Labute approximate surface area is 385 Å². The number of hydrogen-bond donors (Lipinski definition) is 0. The van der Waals surface area contributed by atoms with Crippen molar-refractivity contribution in [3.63, 3.8) is 0 Å². The van der Waals surface area contributed by atoms with Gasteiger partial charge in [0.1, 0.15) is 11.7 Å². The normalized spacial score (nSPS) is 18.4. The summed E-state index contributed by atoms with van der Waals surface area (Å²) in [5.74, 6) is 2.01. The lowest BCUT2D eigenvalue weighted by Crippen LogP contribution is -2.53. The maximum absolute atomic E-state index is 5.43. The largest absolute Gasteiger partial charge is 0.318 e. The van der Waals surface area contributed by atoms with Gasteiger partial charge in [0.2, 0.25) is 0 Å². The van der Waals surface area contributed by atoms with Crippen molar-refractivity contribution in [3.05, 3.63) is 192 Å². The molecule has 0 atom stereocenters. The summed E-state index contributed by atoms with van der Waals surface area (Å²) in [5.41, 5.74) is 13.7. The fourth-order valence-corrected chi connectivity index (χ4v) is 11.1. The van der Waals surface area contributed by atoms with Crippen LogP contribution >= 0.6 is 0 Å². The number of rotatable bonds is 6. The zero-order chi connectivity index (χ0) is 45.3. The molecule has 0 N–H and O–H groups in total. The molecular formula is C61H58N4. The van der Waals surface area contributed by atoms with Gasteiger partial charge in [-0.2, -0.15) is 0 Å². The predicted octanol–water partition coefficient (Wildman–Crippen LogP) is 15.3. The molecule has 8 aromatic carbocycles. The molecule has 0 amide bonds. The van der Waals surface area contributed by atoms with E-state index < -0.39 is 0 Å². The summed E-state index contributed by atoms with van der Waals surface area (Å²) in [5, 5.41) is 5.04. The van der Waals surface area contributed by atoms with Crippen LogP contribution in [0, 0.1) is 0 Å². The minimum Gasteiger partial charge on any atom is -0.318 e. The predicted molar refractivity (Wildman–Crippen MR) is 277 cm³/mol. The second kappa shape index (κ2) is 14.1. The van der Waals surface area contributed by atoms with E-state index in [2.05, 4.69) is 249 Å². The van der Waals surface area contributed by atoms with Gasteiger partial charge in [-0.05, 0) is 146 Å². The highest BCUT2D eigenvalue weighted by Gasteiger charge is 2.51. The topological polar surface area (TPSA) is 31.2 Å². The molecule has 0 unspecified atom stereocenters. The molecular weight excluding hydrogens is 789 g/mol. The Balaban J connectivity index is 1.12. The van der Waals surface area contributed by atoms with Gasteiger partial charge in [-0.3, -0.25) is 9.98 Å². The Hall–Kier alpha value is -6.78. The van der Waals surface area contributed by atoms with Gasteiger partial charge in [0.25, 0.3) is 0 Å². The average molecular weight is 847 g/mol. The lowest BCUT2D eigenvalue weighted by atomic mass is 9.79. The Morgan fingerprint density at radius 1 is 0.338 bits per heavy atom. The van der Waals surface area contributed by atoms with Crippen LogP contribution < -0.4 is 9.80 Å². The van der Waals surface area contributed by atoms with Crippen molar-refractivity contribution in [1.82, 2.24) is 0 Å². The summed E-state index contributed by atoms with van der Waals surface area (Å²) in [6.45, 7) is 23.0. The number of amidine groups is 2. The van der Waals surface area contributed by atoms with Crippen LogP contribution in [0.2, 0.25) is 0 Å². The molecule has 65 heavy (non-hydrogen) atoms. The van der Waals surface area contributed by atoms with Crippen molar-refractivity contribution >= 4 is 44.6 Å². The first kappa shape index (κ1) is 41.0. The Morgan fingerprint density at radius 2 is 0.754 bits per heavy atom. The molecule has 1 aliphatic carbocycles. The van der Waals surface area contributed by atoms with Gasteiger partial charge >= 0.3 is 0 Å². The summed E-state index contributed by atoms with van der Waals surface area (Å²) in [6.07, 6.45) is 0. The van der Waals surface area contributed by atoms with Crippen LogP contribution in [0.3, 0.4) is 0 Å². The Bertz CT molecular complexity index is 3260. The molecule has 0 bridgehead atoms. The zero-order valence-electron chi connectivity index (χ0n) is 39.5. The molecule has 0 aromatic heterocycles. The Morgan fingerprint density at radius 3 is 1.26 bits per heavy atom. The average Bonchev–Trinajstić information content (AvgIpc) is 3.75. The van der Waals surface area contributed by atoms with Crippen LogP contribution in [0.25, 0.3) is 54.9 Å². The number of aliphatic imine (C=N–C) groups is 2. The number of benzene rings is 8. The second-order valence-electron chi connectivity index (χ2n) is 21.0. The highest BCUT2D eigenvalue weighted by atomic mass is 15.3. The van der Waals surface area contributed by atoms with E-state index in [4.69, 9.17) is 9.98 Å². The number of para-hydroxylation sites is 2. The van der Waals surface area contributed by atoms with Crippen LogP contribution in [-0.4, -0.2) is 33.8 Å². The number of fused-ring (bicyclic) bond motifs is 6. The fraction of sp³-hybridized carbons (Fsp3) is 0.246. The second-order valence-corrected chi connectivity index (χ2v) is 21.0. The SMILES string of the molecule is CC1(C)c2ccccc2-c2c1ccc1c(-c3ccc(C4=NC(C)(C)C(C)(C)N4c4ccccc4)cc3)c3ccccc3c(-c3ccc(C4=NC(C)(C)C(C)(C)N4c4ccccc4)cc3)c21. The molecule has 0 saturated heterocycles. The highest BCUT2D eigenvalue weighted by molar-refractivity contribution is 6.26. The smallest absolute Gasteiger partial charge is 0.136 e. The van der Waals surface area contributed by atoms with Crippen molar-refractivity contribution in [2.24, 2.45) is 9.98 Å². The molecule has 3 aliphatic rings. The van der Waals surface area contributed by atoms with E-state index in [-0.39, 0.29) is 27.6 Å². The fourth-order valence-electron chi connectivity index (χ4n) is 11.1. The van der Waals surface area contributed by atoms with Gasteiger partial charge in [-0.1, -0.05) is 159 Å². The first-order valence-corrected chi connectivity index (χ1v) is 23.3. The third kappa shape index (κ3) is 5.88. The van der Waals surface area contributed by atoms with E-state index in [1.165, 1.54) is 66.1 Å². The highest BCUT2D eigenvalue weighted by Crippen LogP contribution is 2.56. The monoisotopic (exact) mass is 846 g/mol. The summed E-state index contributed by atoms with van der Waals surface area (Å²) in [7, 11) is 0. The van der Waals surface area contributed by atoms with E-state index >= 15 is 0 Å². The lowest BCUT2D eigenvalue weighted by Gasteiger charge is -2.41. The first-order valence-electron chi connectivity index (χ1n) is 23.3. The van der Waals surface area contributed by atoms with Crippen LogP contribution in [0.5, 0.6) is 0 Å². The van der Waals surface area contributed by atoms with Crippen LogP contribution in [-0.2, 0) is 5.41 Å². The van der Waals surface area contributed by atoms with E-state index in [9.17, 15) is 0 Å². The van der Waals surface area contributed by atoms with E-state index in [1.807, 2.05) is 0 Å². The molecule has 0 fully saturated rings. The molecule has 4 nitrogen and oxygen atoms in total. The van der Waals surface area contributed by atoms with Crippen molar-refractivity contribution < 1.29 is 0 Å². The molecule has 0 saturated carbocycles. The quantitative estimate of drug-likeness (QED) is 0.156. The number of anilines is 2. The van der Waals surface area contributed by atoms with Gasteiger partial charge in [0.15, 0.2) is 0 Å². The van der Waals surface area contributed by atoms with E-state index in [0.717, 1.165) is 34.2 Å². The molecule has 8 aromatic rings. The maximum atomic E-state index is 5.43. The van der Waals surface area contributed by atoms with Crippen molar-refractivity contribution in [2.45, 2.75) is 96.8 Å².